The maximum atomic E-state index is 11.7. The first-order valence-corrected chi connectivity index (χ1v) is 17.1. The average Bonchev–Trinajstić information content (AvgIpc) is 3.13. The van der Waals surface area contributed by atoms with Crippen molar-refractivity contribution >= 4 is 29.5 Å². The highest BCUT2D eigenvalue weighted by molar-refractivity contribution is 5.87. The minimum atomic E-state index is -0.475. The van der Waals surface area contributed by atoms with Crippen molar-refractivity contribution in [1.29, 1.82) is 0 Å². The largest absolute Gasteiger partial charge is 0.490 e. The summed E-state index contributed by atoms with van der Waals surface area (Å²) in [6.07, 6.45) is 0.730. The Kier molecular flexibility index (Phi) is 15.3. The van der Waals surface area contributed by atoms with Gasteiger partial charge in [-0.05, 0) is 68.3 Å². The van der Waals surface area contributed by atoms with Crippen LogP contribution in [0.4, 0.5) is 11.6 Å². The van der Waals surface area contributed by atoms with Gasteiger partial charge in [0.1, 0.15) is 68.5 Å². The van der Waals surface area contributed by atoms with E-state index in [-0.39, 0.29) is 39.6 Å². The molecule has 0 aliphatic rings. The highest BCUT2D eigenvalue weighted by atomic mass is 16.6. The Morgan fingerprint density at radius 2 is 0.926 bits per heavy atom. The molecule has 0 fully saturated rings. The summed E-state index contributed by atoms with van der Waals surface area (Å²) in [7, 11) is 0. The normalized spacial score (nSPS) is 10.4. The number of nitrogens with one attached hydrogen (secondary N) is 1. The van der Waals surface area contributed by atoms with E-state index in [1.54, 1.807) is 32.9 Å². The lowest BCUT2D eigenvalue weighted by atomic mass is 10.1. The second-order valence-electron chi connectivity index (χ2n) is 12.1. The molecule has 1 N–H and O–H groups in total. The van der Waals surface area contributed by atoms with Crippen LogP contribution in [0.2, 0.25) is 0 Å². The van der Waals surface area contributed by atoms with Gasteiger partial charge in [-0.15, -0.1) is 0 Å². The number of anilines is 2. The number of hydrogen-bond donors (Lipinski definition) is 1. The van der Waals surface area contributed by atoms with Gasteiger partial charge in [0.2, 0.25) is 5.95 Å². The summed E-state index contributed by atoms with van der Waals surface area (Å²) in [6, 6.07) is 22.2. The molecule has 282 valence electrons. The summed E-state index contributed by atoms with van der Waals surface area (Å²) in [6.45, 7) is 16.2. The molecule has 13 nitrogen and oxygen atoms in total. The minimum Gasteiger partial charge on any atom is -0.490 e. The first kappa shape index (κ1) is 40.3. The lowest BCUT2D eigenvalue weighted by molar-refractivity contribution is -0.140. The van der Waals surface area contributed by atoms with E-state index in [0.717, 1.165) is 11.1 Å². The topological polar surface area (TPSA) is 157 Å². The molecule has 3 aromatic carbocycles. The van der Waals surface area contributed by atoms with E-state index in [2.05, 4.69) is 25.1 Å². The van der Waals surface area contributed by atoms with Crippen LogP contribution in [0, 0.1) is 0 Å². The van der Waals surface area contributed by atoms with Crippen LogP contribution in [0.15, 0.2) is 109 Å². The van der Waals surface area contributed by atoms with Crippen LogP contribution < -0.4 is 19.5 Å². The first-order valence-electron chi connectivity index (χ1n) is 17.1. The fraction of sp³-hybridized carbons (Fsp3) is 0.268. The zero-order chi connectivity index (χ0) is 38.9. The molecule has 1 aromatic heterocycles. The van der Waals surface area contributed by atoms with E-state index >= 15 is 0 Å². The number of esters is 3. The zero-order valence-electron chi connectivity index (χ0n) is 30.7. The number of aromatic nitrogens is 3. The van der Waals surface area contributed by atoms with E-state index in [9.17, 15) is 14.4 Å². The Bertz CT molecular complexity index is 1740. The Morgan fingerprint density at radius 1 is 0.537 bits per heavy atom. The molecule has 0 bridgehead atoms. The van der Waals surface area contributed by atoms with Crippen molar-refractivity contribution in [3.8, 4) is 17.2 Å². The molecule has 13 heteroatoms. The number of carbonyl (C=O) groups is 3. The maximum Gasteiger partial charge on any atom is 0.333 e. The minimum absolute atomic E-state index is 0.0763. The quantitative estimate of drug-likeness (QED) is 0.0441. The van der Waals surface area contributed by atoms with Gasteiger partial charge in [0.05, 0.1) is 0 Å². The third-order valence-electron chi connectivity index (χ3n) is 7.14. The molecule has 0 unspecified atom stereocenters. The van der Waals surface area contributed by atoms with Gasteiger partial charge < -0.3 is 33.7 Å². The van der Waals surface area contributed by atoms with Gasteiger partial charge in [-0.1, -0.05) is 50.1 Å². The molecule has 0 saturated carbocycles. The van der Waals surface area contributed by atoms with Crippen molar-refractivity contribution in [1.82, 2.24) is 15.0 Å². The molecule has 1 heterocycles. The monoisotopic (exact) mass is 736 g/mol. The predicted octanol–water partition coefficient (Wildman–Crippen LogP) is 6.29. The van der Waals surface area contributed by atoms with Crippen LogP contribution in [-0.2, 0) is 41.4 Å². The average molecular weight is 737 g/mol. The van der Waals surface area contributed by atoms with Crippen molar-refractivity contribution in [3.63, 3.8) is 0 Å². The molecule has 0 spiro atoms. The molecule has 0 amide bonds. The van der Waals surface area contributed by atoms with Crippen LogP contribution in [0.1, 0.15) is 43.5 Å². The summed E-state index contributed by atoms with van der Waals surface area (Å²) in [5.74, 6) is 1.68. The fourth-order valence-corrected chi connectivity index (χ4v) is 4.58. The second-order valence-corrected chi connectivity index (χ2v) is 12.1. The molecule has 54 heavy (non-hydrogen) atoms. The Morgan fingerprint density at radius 3 is 1.33 bits per heavy atom. The number of hydrogen-bond acceptors (Lipinski definition) is 13. The summed E-state index contributed by atoms with van der Waals surface area (Å²) >= 11 is 0. The number of ether oxygens (including phenoxy) is 6. The van der Waals surface area contributed by atoms with Crippen molar-refractivity contribution in [2.24, 2.45) is 0 Å². The Hall–Kier alpha value is -6.50. The lowest BCUT2D eigenvalue weighted by Crippen LogP contribution is -2.12. The van der Waals surface area contributed by atoms with Crippen LogP contribution in [0.5, 0.6) is 17.2 Å². The van der Waals surface area contributed by atoms with Gasteiger partial charge in [0.25, 0.3) is 0 Å². The number of rotatable bonds is 21. The highest BCUT2D eigenvalue weighted by Crippen LogP contribution is 2.22. The standard InChI is InChI=1S/C41H44N4O9/c1-27(2)38(46)52-19-16-49-33-13-7-10-30(22-33)24-36-43-37(25-31-11-8-14-34(23-31)50-17-20-53-39(47)28(3)4)45-41(44-36)42-32-12-9-15-35(26-32)51-18-21-54-40(48)29(5)6/h7-15,22-23,26H,1,3,5,16-21,24-25H2,2,4,6H3,(H,42,43,44,45). The molecule has 0 atom stereocenters. The molecule has 4 aromatic rings. The number of carbonyl (C=O) groups excluding carboxylic acids is 3. The molecule has 4 rings (SSSR count). The molecule has 0 radical (unpaired) electrons. The Labute approximate surface area is 314 Å². The zero-order valence-corrected chi connectivity index (χ0v) is 30.7. The predicted molar refractivity (Wildman–Crippen MR) is 202 cm³/mol. The van der Waals surface area contributed by atoms with Crippen molar-refractivity contribution in [3.05, 3.63) is 132 Å². The second kappa shape index (κ2) is 20.5. The van der Waals surface area contributed by atoms with E-state index in [1.807, 2.05) is 60.7 Å². The van der Waals surface area contributed by atoms with Gasteiger partial charge in [-0.25, -0.2) is 19.4 Å². The number of nitrogens with zero attached hydrogens (tertiary/aromatic N) is 3. The van der Waals surface area contributed by atoms with Crippen LogP contribution in [-0.4, -0.2) is 72.5 Å². The summed E-state index contributed by atoms with van der Waals surface area (Å²) in [4.78, 5) is 49.2. The number of benzene rings is 3. The lowest BCUT2D eigenvalue weighted by Gasteiger charge is -2.12. The Balaban J connectivity index is 1.49. The SMILES string of the molecule is C=C(C)C(=O)OCCOc1cccc(Cc2nc(Cc3cccc(OCCOC(=O)C(=C)C)c3)nc(Nc3cccc(OCCOC(=O)C(=C)C)c3)n2)c1. The van der Waals surface area contributed by atoms with Crippen molar-refractivity contribution in [2.75, 3.05) is 45.0 Å². The summed E-state index contributed by atoms with van der Waals surface area (Å²) in [5.41, 5.74) is 3.40. The van der Waals surface area contributed by atoms with Gasteiger partial charge in [0.15, 0.2) is 0 Å². The fourth-order valence-electron chi connectivity index (χ4n) is 4.58. The van der Waals surface area contributed by atoms with E-state index < -0.39 is 17.9 Å². The third-order valence-corrected chi connectivity index (χ3v) is 7.14. The van der Waals surface area contributed by atoms with Gasteiger partial charge in [-0.2, -0.15) is 9.97 Å². The van der Waals surface area contributed by atoms with Crippen LogP contribution in [0.3, 0.4) is 0 Å². The summed E-state index contributed by atoms with van der Waals surface area (Å²) in [5, 5.41) is 3.26. The van der Waals surface area contributed by atoms with Crippen molar-refractivity contribution in [2.45, 2.75) is 33.6 Å². The van der Waals surface area contributed by atoms with Gasteiger partial charge >= 0.3 is 17.9 Å². The van der Waals surface area contributed by atoms with Crippen LogP contribution in [0.25, 0.3) is 0 Å². The molecule has 0 aliphatic carbocycles. The maximum absolute atomic E-state index is 11.7. The first-order chi connectivity index (χ1) is 25.9. The van der Waals surface area contributed by atoms with E-state index in [1.165, 1.54) is 0 Å². The highest BCUT2D eigenvalue weighted by Gasteiger charge is 2.12. The van der Waals surface area contributed by atoms with Gasteiger partial charge in [0, 0.05) is 41.3 Å². The molecular weight excluding hydrogens is 692 g/mol. The molecule has 0 aliphatic heterocycles. The van der Waals surface area contributed by atoms with Crippen LogP contribution >= 0.6 is 0 Å². The smallest absolute Gasteiger partial charge is 0.333 e. The molecule has 0 saturated heterocycles. The third kappa shape index (κ3) is 13.9. The van der Waals surface area contributed by atoms with E-state index in [0.29, 0.717) is 70.1 Å². The van der Waals surface area contributed by atoms with E-state index in [4.69, 9.17) is 43.4 Å². The van der Waals surface area contributed by atoms with Crippen molar-refractivity contribution < 1.29 is 42.8 Å². The van der Waals surface area contributed by atoms with Gasteiger partial charge in [-0.3, -0.25) is 0 Å². The molecular formula is C41H44N4O9. The summed E-state index contributed by atoms with van der Waals surface area (Å²) < 4.78 is 32.7.